The molecule has 0 unspecified atom stereocenters. The first-order valence-corrected chi connectivity index (χ1v) is 5.91. The van der Waals surface area contributed by atoms with Crippen LogP contribution in [0, 0.1) is 0 Å². The molecule has 100 valence electrons. The predicted octanol–water partition coefficient (Wildman–Crippen LogP) is 0.972. The first kappa shape index (κ1) is 13.2. The van der Waals surface area contributed by atoms with Crippen LogP contribution in [-0.2, 0) is 0 Å². The van der Waals surface area contributed by atoms with Gasteiger partial charge in [0.05, 0.1) is 12.1 Å². The number of carbonyl (C=O) groups is 1. The average molecular weight is 260 g/mol. The van der Waals surface area contributed by atoms with E-state index in [0.29, 0.717) is 11.4 Å². The van der Waals surface area contributed by atoms with Gasteiger partial charge in [-0.1, -0.05) is 12.1 Å². The lowest BCUT2D eigenvalue weighted by Gasteiger charge is -2.23. The molecule has 0 saturated carbocycles. The fourth-order valence-electron chi connectivity index (χ4n) is 1.57. The van der Waals surface area contributed by atoms with Crippen molar-refractivity contribution in [1.29, 1.82) is 0 Å². The van der Waals surface area contributed by atoms with Gasteiger partial charge in [-0.05, 0) is 26.0 Å². The summed E-state index contributed by atoms with van der Waals surface area (Å²) < 4.78 is 0. The summed E-state index contributed by atoms with van der Waals surface area (Å²) in [6.07, 6.45) is 1.41. The Hall–Kier alpha value is -2.21. The van der Waals surface area contributed by atoms with Gasteiger partial charge >= 0.3 is 0 Å². The summed E-state index contributed by atoms with van der Waals surface area (Å²) in [5, 5.41) is 18.4. The molecule has 0 saturated heterocycles. The molecule has 1 amide bonds. The van der Waals surface area contributed by atoms with E-state index >= 15 is 0 Å². The molecule has 0 atom stereocenters. The third-order valence-corrected chi connectivity index (χ3v) is 2.66. The maximum absolute atomic E-state index is 12.1. The minimum atomic E-state index is -0.653. The maximum Gasteiger partial charge on any atom is 0.251 e. The number of benzene rings is 1. The van der Waals surface area contributed by atoms with Crippen LogP contribution in [0.1, 0.15) is 24.2 Å². The van der Waals surface area contributed by atoms with E-state index in [1.807, 2.05) is 6.07 Å². The zero-order chi connectivity index (χ0) is 13.9. The number of aliphatic hydroxyl groups excluding tert-OH is 1. The second kappa shape index (κ2) is 5.19. The standard InChI is InChI=1S/C13H16N4O2/c1-13(2,7-18)16-12(19)10-5-3-4-9(6-10)11-14-8-15-17-11/h3-6,8,18H,7H2,1-2H3,(H,16,19)(H,14,15,17). The molecule has 0 spiro atoms. The number of rotatable bonds is 4. The zero-order valence-electron chi connectivity index (χ0n) is 10.8. The van der Waals surface area contributed by atoms with Gasteiger partial charge in [0.15, 0.2) is 5.82 Å². The highest BCUT2D eigenvalue weighted by molar-refractivity contribution is 5.95. The van der Waals surface area contributed by atoms with E-state index in [1.165, 1.54) is 6.33 Å². The van der Waals surface area contributed by atoms with Crippen molar-refractivity contribution in [3.63, 3.8) is 0 Å². The SMILES string of the molecule is CC(C)(CO)NC(=O)c1cccc(-c2ncn[nH]2)c1. The van der Waals surface area contributed by atoms with E-state index in [9.17, 15) is 4.79 Å². The lowest BCUT2D eigenvalue weighted by molar-refractivity contribution is 0.0869. The summed E-state index contributed by atoms with van der Waals surface area (Å²) in [6, 6.07) is 7.05. The number of aliphatic hydroxyl groups is 1. The predicted molar refractivity (Wildman–Crippen MR) is 70.4 cm³/mol. The van der Waals surface area contributed by atoms with Crippen LogP contribution in [0.2, 0.25) is 0 Å². The van der Waals surface area contributed by atoms with E-state index in [0.717, 1.165) is 5.56 Å². The van der Waals surface area contributed by atoms with Gasteiger partial charge in [0.2, 0.25) is 0 Å². The molecule has 0 aliphatic carbocycles. The zero-order valence-corrected chi connectivity index (χ0v) is 10.8. The number of aromatic nitrogens is 3. The van der Waals surface area contributed by atoms with Gasteiger partial charge in [-0.3, -0.25) is 9.89 Å². The van der Waals surface area contributed by atoms with Crippen molar-refractivity contribution in [3.8, 4) is 11.4 Å². The van der Waals surface area contributed by atoms with E-state index < -0.39 is 5.54 Å². The molecule has 1 aromatic carbocycles. The molecular formula is C13H16N4O2. The Morgan fingerprint density at radius 3 is 2.89 bits per heavy atom. The Kier molecular flexibility index (Phi) is 3.62. The normalized spacial score (nSPS) is 11.3. The van der Waals surface area contributed by atoms with E-state index in [2.05, 4.69) is 20.5 Å². The van der Waals surface area contributed by atoms with E-state index in [1.54, 1.807) is 32.0 Å². The molecule has 0 bridgehead atoms. The first-order chi connectivity index (χ1) is 9.02. The average Bonchev–Trinajstić information content (AvgIpc) is 2.92. The monoisotopic (exact) mass is 260 g/mol. The van der Waals surface area contributed by atoms with Crippen LogP contribution in [-0.4, -0.2) is 38.3 Å². The maximum atomic E-state index is 12.1. The summed E-state index contributed by atoms with van der Waals surface area (Å²) in [5.41, 5.74) is 0.640. The molecule has 6 nitrogen and oxygen atoms in total. The smallest absolute Gasteiger partial charge is 0.251 e. The number of amides is 1. The molecule has 19 heavy (non-hydrogen) atoms. The number of carbonyl (C=O) groups excluding carboxylic acids is 1. The number of hydrogen-bond acceptors (Lipinski definition) is 4. The lowest BCUT2D eigenvalue weighted by Crippen LogP contribution is -2.46. The molecular weight excluding hydrogens is 244 g/mol. The summed E-state index contributed by atoms with van der Waals surface area (Å²) in [4.78, 5) is 16.1. The molecule has 3 N–H and O–H groups in total. The highest BCUT2D eigenvalue weighted by Crippen LogP contribution is 2.16. The summed E-state index contributed by atoms with van der Waals surface area (Å²) >= 11 is 0. The topological polar surface area (TPSA) is 90.9 Å². The van der Waals surface area contributed by atoms with Crippen molar-refractivity contribution >= 4 is 5.91 Å². The van der Waals surface area contributed by atoms with Crippen molar-refractivity contribution in [1.82, 2.24) is 20.5 Å². The van der Waals surface area contributed by atoms with Gasteiger partial charge in [0, 0.05) is 11.1 Å². The van der Waals surface area contributed by atoms with E-state index in [-0.39, 0.29) is 12.5 Å². The van der Waals surface area contributed by atoms with Crippen LogP contribution in [0.3, 0.4) is 0 Å². The van der Waals surface area contributed by atoms with Gasteiger partial charge in [0.1, 0.15) is 6.33 Å². The van der Waals surface area contributed by atoms with Crippen molar-refractivity contribution in [2.24, 2.45) is 0 Å². The van der Waals surface area contributed by atoms with Crippen molar-refractivity contribution in [2.75, 3.05) is 6.61 Å². The highest BCUT2D eigenvalue weighted by atomic mass is 16.3. The third-order valence-electron chi connectivity index (χ3n) is 2.66. The molecule has 0 fully saturated rings. The van der Waals surface area contributed by atoms with Gasteiger partial charge in [-0.2, -0.15) is 5.10 Å². The molecule has 1 heterocycles. The van der Waals surface area contributed by atoms with Crippen molar-refractivity contribution in [3.05, 3.63) is 36.2 Å². The van der Waals surface area contributed by atoms with Gasteiger partial charge in [-0.25, -0.2) is 4.98 Å². The second-order valence-electron chi connectivity index (χ2n) is 4.91. The number of H-pyrrole nitrogens is 1. The molecule has 2 aromatic rings. The number of hydrogen-bond donors (Lipinski definition) is 3. The molecule has 6 heteroatoms. The van der Waals surface area contributed by atoms with Gasteiger partial charge in [-0.15, -0.1) is 0 Å². The van der Waals surface area contributed by atoms with E-state index in [4.69, 9.17) is 5.11 Å². The molecule has 0 aliphatic heterocycles. The largest absolute Gasteiger partial charge is 0.394 e. The number of aromatic amines is 1. The quantitative estimate of drug-likeness (QED) is 0.764. The Bertz CT molecular complexity index is 564. The van der Waals surface area contributed by atoms with Crippen LogP contribution in [0.5, 0.6) is 0 Å². The van der Waals surface area contributed by atoms with Crippen LogP contribution < -0.4 is 5.32 Å². The highest BCUT2D eigenvalue weighted by Gasteiger charge is 2.20. The Morgan fingerprint density at radius 1 is 1.47 bits per heavy atom. The molecule has 0 aliphatic rings. The molecule has 0 radical (unpaired) electrons. The summed E-state index contributed by atoms with van der Waals surface area (Å²) in [7, 11) is 0. The minimum Gasteiger partial charge on any atom is -0.394 e. The van der Waals surface area contributed by atoms with Crippen LogP contribution in [0.25, 0.3) is 11.4 Å². The lowest BCUT2D eigenvalue weighted by atomic mass is 10.0. The second-order valence-corrected chi connectivity index (χ2v) is 4.91. The minimum absolute atomic E-state index is 0.124. The Balaban J connectivity index is 2.22. The van der Waals surface area contributed by atoms with Crippen LogP contribution in [0.15, 0.2) is 30.6 Å². The Labute approximate surface area is 110 Å². The van der Waals surface area contributed by atoms with Gasteiger partial charge < -0.3 is 10.4 Å². The molecule has 1 aromatic heterocycles. The van der Waals surface area contributed by atoms with Crippen molar-refractivity contribution in [2.45, 2.75) is 19.4 Å². The molecule has 2 rings (SSSR count). The first-order valence-electron chi connectivity index (χ1n) is 5.91. The number of nitrogens with one attached hydrogen (secondary N) is 2. The summed E-state index contributed by atoms with van der Waals surface area (Å²) in [6.45, 7) is 3.39. The fourth-order valence-corrected chi connectivity index (χ4v) is 1.57. The van der Waals surface area contributed by atoms with Crippen LogP contribution >= 0.6 is 0 Å². The summed E-state index contributed by atoms with van der Waals surface area (Å²) in [5.74, 6) is 0.372. The van der Waals surface area contributed by atoms with Crippen molar-refractivity contribution < 1.29 is 9.90 Å². The third kappa shape index (κ3) is 3.17. The van der Waals surface area contributed by atoms with Crippen LogP contribution in [0.4, 0.5) is 0 Å². The van der Waals surface area contributed by atoms with Gasteiger partial charge in [0.25, 0.3) is 5.91 Å². The fraction of sp³-hybridized carbons (Fsp3) is 0.308. The number of nitrogens with zero attached hydrogens (tertiary/aromatic N) is 2. The Morgan fingerprint density at radius 2 is 2.26 bits per heavy atom.